The van der Waals surface area contributed by atoms with Gasteiger partial charge < -0.3 is 11.1 Å². The van der Waals surface area contributed by atoms with Gasteiger partial charge >= 0.3 is 0 Å². The van der Waals surface area contributed by atoms with Gasteiger partial charge in [0.25, 0.3) is 0 Å². The third-order valence-electron chi connectivity index (χ3n) is 1.41. The number of nitrogens with two attached hydrogens (primary N) is 1. The second-order valence-electron chi connectivity index (χ2n) is 2.32. The van der Waals surface area contributed by atoms with Crippen LogP contribution < -0.4 is 11.1 Å². The molecule has 0 aliphatic rings. The third kappa shape index (κ3) is 2.19. The van der Waals surface area contributed by atoms with Gasteiger partial charge in [0, 0.05) is 13.1 Å². The molecule has 0 unspecified atom stereocenters. The zero-order chi connectivity index (χ0) is 8.97. The first-order valence-electron chi connectivity index (χ1n) is 3.63. The minimum absolute atomic E-state index is 0.272. The largest absolute Gasteiger partial charge is 0.381 e. The molecule has 66 valence electrons. The summed E-state index contributed by atoms with van der Waals surface area (Å²) in [6.45, 7) is 1.07. The maximum Gasteiger partial charge on any atom is 0.160 e. The molecule has 2 nitrogen and oxygen atoms in total. The Kier molecular flexibility index (Phi) is 3.49. The predicted octanol–water partition coefficient (Wildman–Crippen LogP) is 1.96. The summed E-state index contributed by atoms with van der Waals surface area (Å²) in [5.41, 5.74) is 5.75. The maximum absolute atomic E-state index is 13.2. The van der Waals surface area contributed by atoms with Crippen LogP contribution in [0.5, 0.6) is 0 Å². The van der Waals surface area contributed by atoms with E-state index >= 15 is 0 Å². The van der Waals surface area contributed by atoms with E-state index in [1.807, 2.05) is 0 Å². The van der Waals surface area contributed by atoms with Gasteiger partial charge in [-0.1, -0.05) is 6.07 Å². The van der Waals surface area contributed by atoms with Crippen LogP contribution in [0.25, 0.3) is 0 Å². The highest BCUT2D eigenvalue weighted by Crippen LogP contribution is 2.21. The van der Waals surface area contributed by atoms with Crippen molar-refractivity contribution in [1.82, 2.24) is 0 Å². The van der Waals surface area contributed by atoms with Crippen molar-refractivity contribution < 1.29 is 4.39 Å². The zero-order valence-electron chi connectivity index (χ0n) is 6.48. The van der Waals surface area contributed by atoms with Crippen LogP contribution in [0.15, 0.2) is 22.7 Å². The molecule has 3 N–H and O–H groups in total. The van der Waals surface area contributed by atoms with Crippen molar-refractivity contribution in [3.63, 3.8) is 0 Å². The molecule has 12 heavy (non-hydrogen) atoms. The van der Waals surface area contributed by atoms with E-state index in [-0.39, 0.29) is 5.82 Å². The van der Waals surface area contributed by atoms with Crippen molar-refractivity contribution in [2.75, 3.05) is 18.4 Å². The van der Waals surface area contributed by atoms with E-state index < -0.39 is 0 Å². The Bertz CT molecular complexity index is 265. The Morgan fingerprint density at radius 3 is 2.92 bits per heavy atom. The van der Waals surface area contributed by atoms with Crippen LogP contribution in [0.1, 0.15) is 0 Å². The van der Waals surface area contributed by atoms with Crippen LogP contribution in [-0.4, -0.2) is 13.1 Å². The van der Waals surface area contributed by atoms with E-state index in [2.05, 4.69) is 21.2 Å². The van der Waals surface area contributed by atoms with E-state index in [4.69, 9.17) is 5.73 Å². The fourth-order valence-electron chi connectivity index (χ4n) is 0.847. The van der Waals surface area contributed by atoms with Gasteiger partial charge in [0.15, 0.2) is 5.82 Å². The standard InChI is InChI=1S/C8H10BrFN2/c9-6-2-1-3-7(8(6)10)12-5-4-11/h1-3,12H,4-5,11H2. The molecule has 1 aromatic rings. The van der Waals surface area contributed by atoms with Crippen LogP contribution in [0.2, 0.25) is 0 Å². The van der Waals surface area contributed by atoms with Crippen LogP contribution in [0.4, 0.5) is 10.1 Å². The first-order valence-corrected chi connectivity index (χ1v) is 4.43. The predicted molar refractivity (Wildman–Crippen MR) is 51.6 cm³/mol. The minimum Gasteiger partial charge on any atom is -0.381 e. The Morgan fingerprint density at radius 1 is 1.50 bits per heavy atom. The lowest BCUT2D eigenvalue weighted by Gasteiger charge is -2.06. The van der Waals surface area contributed by atoms with Gasteiger partial charge in [0.1, 0.15) is 0 Å². The SMILES string of the molecule is NCCNc1cccc(Br)c1F. The van der Waals surface area contributed by atoms with Crippen LogP contribution >= 0.6 is 15.9 Å². The summed E-state index contributed by atoms with van der Waals surface area (Å²) in [5, 5.41) is 2.87. The summed E-state index contributed by atoms with van der Waals surface area (Å²) in [7, 11) is 0. The Morgan fingerprint density at radius 2 is 2.25 bits per heavy atom. The second-order valence-corrected chi connectivity index (χ2v) is 3.17. The second kappa shape index (κ2) is 4.42. The smallest absolute Gasteiger partial charge is 0.160 e. The number of anilines is 1. The van der Waals surface area contributed by atoms with E-state index in [0.717, 1.165) is 0 Å². The Hall–Kier alpha value is -0.610. The van der Waals surface area contributed by atoms with Gasteiger partial charge in [-0.05, 0) is 28.1 Å². The molecule has 0 saturated heterocycles. The van der Waals surface area contributed by atoms with E-state index in [9.17, 15) is 4.39 Å². The van der Waals surface area contributed by atoms with Crippen molar-refractivity contribution in [1.29, 1.82) is 0 Å². The fourth-order valence-corrected chi connectivity index (χ4v) is 1.21. The number of rotatable bonds is 3. The van der Waals surface area contributed by atoms with Gasteiger partial charge in [-0.2, -0.15) is 0 Å². The molecule has 0 saturated carbocycles. The summed E-state index contributed by atoms with van der Waals surface area (Å²) in [6.07, 6.45) is 0. The number of halogens is 2. The molecule has 0 radical (unpaired) electrons. The maximum atomic E-state index is 13.2. The molecular weight excluding hydrogens is 223 g/mol. The first-order chi connectivity index (χ1) is 5.75. The Balaban J connectivity index is 2.78. The lowest BCUT2D eigenvalue weighted by Crippen LogP contribution is -2.13. The molecule has 0 heterocycles. The molecule has 4 heteroatoms. The summed E-state index contributed by atoms with van der Waals surface area (Å²) >= 11 is 3.09. The minimum atomic E-state index is -0.272. The van der Waals surface area contributed by atoms with Crippen molar-refractivity contribution in [2.45, 2.75) is 0 Å². The molecule has 0 spiro atoms. The molecular formula is C8H10BrFN2. The van der Waals surface area contributed by atoms with E-state index in [0.29, 0.717) is 23.2 Å². The average molecular weight is 233 g/mol. The van der Waals surface area contributed by atoms with Gasteiger partial charge in [-0.15, -0.1) is 0 Å². The lowest BCUT2D eigenvalue weighted by atomic mass is 10.3. The monoisotopic (exact) mass is 232 g/mol. The molecule has 0 bridgehead atoms. The normalized spacial score (nSPS) is 9.92. The molecule has 0 aliphatic heterocycles. The molecule has 0 atom stereocenters. The first kappa shape index (κ1) is 9.48. The number of benzene rings is 1. The van der Waals surface area contributed by atoms with Crippen molar-refractivity contribution >= 4 is 21.6 Å². The van der Waals surface area contributed by atoms with Gasteiger partial charge in [0.2, 0.25) is 0 Å². The van der Waals surface area contributed by atoms with Crippen LogP contribution in [0, 0.1) is 5.82 Å². The Labute approximate surface area is 79.1 Å². The molecule has 1 aromatic carbocycles. The van der Waals surface area contributed by atoms with Gasteiger partial charge in [-0.25, -0.2) is 4.39 Å². The quantitative estimate of drug-likeness (QED) is 0.837. The fraction of sp³-hybridized carbons (Fsp3) is 0.250. The van der Waals surface area contributed by atoms with Crippen molar-refractivity contribution in [3.05, 3.63) is 28.5 Å². The highest BCUT2D eigenvalue weighted by Gasteiger charge is 2.03. The highest BCUT2D eigenvalue weighted by atomic mass is 79.9. The molecule has 1 rings (SSSR count). The zero-order valence-corrected chi connectivity index (χ0v) is 8.07. The lowest BCUT2D eigenvalue weighted by molar-refractivity contribution is 0.623. The van der Waals surface area contributed by atoms with Crippen LogP contribution in [0.3, 0.4) is 0 Å². The topological polar surface area (TPSA) is 38.0 Å². The third-order valence-corrected chi connectivity index (χ3v) is 2.02. The van der Waals surface area contributed by atoms with Crippen molar-refractivity contribution in [2.24, 2.45) is 5.73 Å². The number of hydrogen-bond acceptors (Lipinski definition) is 2. The van der Waals surface area contributed by atoms with Gasteiger partial charge in [-0.3, -0.25) is 0 Å². The van der Waals surface area contributed by atoms with E-state index in [1.54, 1.807) is 18.2 Å². The molecule has 0 fully saturated rings. The number of nitrogens with one attached hydrogen (secondary N) is 1. The highest BCUT2D eigenvalue weighted by molar-refractivity contribution is 9.10. The summed E-state index contributed by atoms with van der Waals surface area (Å²) < 4.78 is 13.6. The number of hydrogen-bond donors (Lipinski definition) is 2. The molecule has 0 amide bonds. The van der Waals surface area contributed by atoms with Crippen molar-refractivity contribution in [3.8, 4) is 0 Å². The van der Waals surface area contributed by atoms with Gasteiger partial charge in [0.05, 0.1) is 10.2 Å². The summed E-state index contributed by atoms with van der Waals surface area (Å²) in [6, 6.07) is 5.10. The van der Waals surface area contributed by atoms with Crippen LogP contribution in [-0.2, 0) is 0 Å². The summed E-state index contributed by atoms with van der Waals surface area (Å²) in [4.78, 5) is 0. The molecule has 0 aromatic heterocycles. The summed E-state index contributed by atoms with van der Waals surface area (Å²) in [5.74, 6) is -0.272. The van der Waals surface area contributed by atoms with E-state index in [1.165, 1.54) is 0 Å². The molecule has 0 aliphatic carbocycles. The average Bonchev–Trinajstić information content (AvgIpc) is 2.08.